The number of hydrogen-bond donors (Lipinski definition) is 1. The molecule has 1 saturated heterocycles. The first-order valence-electron chi connectivity index (χ1n) is 15.4. The van der Waals surface area contributed by atoms with Crippen LogP contribution in [0.3, 0.4) is 0 Å². The molecule has 4 rings (SSSR count). The van der Waals surface area contributed by atoms with E-state index < -0.39 is 22.0 Å². The zero-order valence-corrected chi connectivity index (χ0v) is 27.2. The van der Waals surface area contributed by atoms with Crippen molar-refractivity contribution in [2.24, 2.45) is 0 Å². The predicted octanol–water partition coefficient (Wildman–Crippen LogP) is 3.28. The lowest BCUT2D eigenvalue weighted by atomic mass is 10.0. The minimum absolute atomic E-state index is 0.137. The van der Waals surface area contributed by atoms with E-state index in [9.17, 15) is 18.0 Å². The summed E-state index contributed by atoms with van der Waals surface area (Å²) in [5.41, 5.74) is 1.72. The average molecular weight is 654 g/mol. The van der Waals surface area contributed by atoms with Crippen LogP contribution in [-0.2, 0) is 42.1 Å². The van der Waals surface area contributed by atoms with Crippen LogP contribution < -0.4 is 14.8 Å². The molecule has 0 spiro atoms. The van der Waals surface area contributed by atoms with Crippen molar-refractivity contribution < 1.29 is 37.0 Å². The summed E-state index contributed by atoms with van der Waals surface area (Å²) in [6, 6.07) is 22.0. The standard InChI is InChI=1S/C34H43N3O8S/c1-3-43-21-7-18-35-34(39)32(24-27-8-5-4-6-9-27)37(25-28-10-12-29(42-2)13-11-28)33(38)26-45-30-14-16-31(17-15-30)46(40,41)36-19-22-44-23-20-36/h4-6,8-17,32H,3,7,18-26H2,1-2H3,(H,35,39). The second kappa shape index (κ2) is 17.7. The molecule has 0 aromatic heterocycles. The Morgan fingerprint density at radius 1 is 0.935 bits per heavy atom. The molecular weight excluding hydrogens is 610 g/mol. The summed E-state index contributed by atoms with van der Waals surface area (Å²) in [7, 11) is -2.08. The summed E-state index contributed by atoms with van der Waals surface area (Å²) in [5.74, 6) is 0.335. The number of ether oxygens (including phenoxy) is 4. The van der Waals surface area contributed by atoms with Gasteiger partial charge in [0.2, 0.25) is 15.9 Å². The number of sulfonamides is 1. The first kappa shape index (κ1) is 34.9. The molecule has 12 heteroatoms. The molecule has 248 valence electrons. The molecule has 0 aliphatic carbocycles. The molecule has 3 aromatic carbocycles. The molecule has 0 radical (unpaired) electrons. The molecule has 11 nitrogen and oxygen atoms in total. The Balaban J connectivity index is 1.53. The zero-order chi connectivity index (χ0) is 32.8. The Hall–Kier alpha value is -3.97. The highest BCUT2D eigenvalue weighted by Crippen LogP contribution is 2.22. The quantitative estimate of drug-likeness (QED) is 0.220. The molecule has 0 bridgehead atoms. The van der Waals surface area contributed by atoms with E-state index in [-0.39, 0.29) is 24.0 Å². The van der Waals surface area contributed by atoms with Crippen molar-refractivity contribution in [3.63, 3.8) is 0 Å². The fourth-order valence-electron chi connectivity index (χ4n) is 5.00. The summed E-state index contributed by atoms with van der Waals surface area (Å²) in [5, 5.41) is 2.98. The van der Waals surface area contributed by atoms with Crippen LogP contribution in [0.1, 0.15) is 24.5 Å². The third-order valence-electron chi connectivity index (χ3n) is 7.55. The number of carbonyl (C=O) groups is 2. The van der Waals surface area contributed by atoms with Gasteiger partial charge in [0.25, 0.3) is 5.91 Å². The Bertz CT molecular complexity index is 1480. The summed E-state index contributed by atoms with van der Waals surface area (Å²) in [6.07, 6.45) is 0.943. The normalized spacial score (nSPS) is 14.3. The van der Waals surface area contributed by atoms with Gasteiger partial charge in [0.05, 0.1) is 25.2 Å². The number of morpholine rings is 1. The largest absolute Gasteiger partial charge is 0.497 e. The minimum atomic E-state index is -3.67. The Morgan fingerprint density at radius 2 is 1.61 bits per heavy atom. The van der Waals surface area contributed by atoms with E-state index in [2.05, 4.69) is 5.32 Å². The number of methoxy groups -OCH3 is 1. The van der Waals surface area contributed by atoms with Crippen LogP contribution in [0.15, 0.2) is 83.8 Å². The minimum Gasteiger partial charge on any atom is -0.497 e. The fraction of sp³-hybridized carbons (Fsp3) is 0.412. The number of amides is 2. The SMILES string of the molecule is CCOCCCNC(=O)C(Cc1ccccc1)N(Cc1ccc(OC)cc1)C(=O)COc1ccc(S(=O)(=O)N2CCOCC2)cc1. The van der Waals surface area contributed by atoms with Crippen molar-refractivity contribution in [1.29, 1.82) is 0 Å². The molecule has 3 aromatic rings. The molecule has 0 saturated carbocycles. The van der Waals surface area contributed by atoms with Crippen molar-refractivity contribution in [3.8, 4) is 11.5 Å². The molecule has 1 aliphatic heterocycles. The number of benzene rings is 3. The zero-order valence-electron chi connectivity index (χ0n) is 26.4. The van der Waals surface area contributed by atoms with E-state index in [0.717, 1.165) is 11.1 Å². The average Bonchev–Trinajstić information content (AvgIpc) is 3.09. The number of carbonyl (C=O) groups excluding carboxylic acids is 2. The van der Waals surface area contributed by atoms with Gasteiger partial charge in [0, 0.05) is 45.8 Å². The van der Waals surface area contributed by atoms with Crippen LogP contribution in [0.2, 0.25) is 0 Å². The van der Waals surface area contributed by atoms with Crippen molar-refractivity contribution in [3.05, 3.63) is 90.0 Å². The van der Waals surface area contributed by atoms with Gasteiger partial charge in [0.1, 0.15) is 17.5 Å². The highest BCUT2D eigenvalue weighted by atomic mass is 32.2. The van der Waals surface area contributed by atoms with Crippen LogP contribution in [0.25, 0.3) is 0 Å². The number of nitrogens with zero attached hydrogens (tertiary/aromatic N) is 2. The molecule has 1 unspecified atom stereocenters. The second-order valence-electron chi connectivity index (χ2n) is 10.7. The van der Waals surface area contributed by atoms with E-state index in [0.29, 0.717) is 70.4 Å². The monoisotopic (exact) mass is 653 g/mol. The van der Waals surface area contributed by atoms with Gasteiger partial charge in [-0.2, -0.15) is 4.31 Å². The van der Waals surface area contributed by atoms with Gasteiger partial charge in [0.15, 0.2) is 6.61 Å². The molecule has 2 amide bonds. The number of nitrogens with one attached hydrogen (secondary N) is 1. The van der Waals surface area contributed by atoms with Crippen LogP contribution in [0, 0.1) is 0 Å². The van der Waals surface area contributed by atoms with Crippen molar-refractivity contribution in [1.82, 2.24) is 14.5 Å². The van der Waals surface area contributed by atoms with Crippen molar-refractivity contribution in [2.45, 2.75) is 37.2 Å². The maximum Gasteiger partial charge on any atom is 0.261 e. The highest BCUT2D eigenvalue weighted by molar-refractivity contribution is 7.89. The van der Waals surface area contributed by atoms with Crippen LogP contribution in [0.5, 0.6) is 11.5 Å². The lowest BCUT2D eigenvalue weighted by Gasteiger charge is -2.31. The smallest absolute Gasteiger partial charge is 0.261 e. The fourth-order valence-corrected chi connectivity index (χ4v) is 6.41. The van der Waals surface area contributed by atoms with Gasteiger partial charge < -0.3 is 29.2 Å². The molecule has 1 aliphatic rings. The molecule has 1 heterocycles. The molecule has 46 heavy (non-hydrogen) atoms. The van der Waals surface area contributed by atoms with Crippen LogP contribution in [-0.4, -0.2) is 95.3 Å². The third-order valence-corrected chi connectivity index (χ3v) is 9.46. The number of hydrogen-bond acceptors (Lipinski definition) is 8. The second-order valence-corrected chi connectivity index (χ2v) is 12.6. The molecular formula is C34H43N3O8S. The van der Waals surface area contributed by atoms with Gasteiger partial charge >= 0.3 is 0 Å². The lowest BCUT2D eigenvalue weighted by molar-refractivity contribution is -0.142. The van der Waals surface area contributed by atoms with Gasteiger partial charge in [-0.05, 0) is 60.9 Å². The van der Waals surface area contributed by atoms with Crippen molar-refractivity contribution >= 4 is 21.8 Å². The maximum absolute atomic E-state index is 13.9. The first-order chi connectivity index (χ1) is 22.3. The van der Waals surface area contributed by atoms with Crippen LogP contribution >= 0.6 is 0 Å². The third kappa shape index (κ3) is 10.0. The van der Waals surface area contributed by atoms with Crippen molar-refractivity contribution in [2.75, 3.05) is 59.8 Å². The van der Waals surface area contributed by atoms with Gasteiger partial charge in [-0.15, -0.1) is 0 Å². The van der Waals surface area contributed by atoms with E-state index >= 15 is 0 Å². The number of rotatable bonds is 17. The Labute approximate surface area is 271 Å². The van der Waals surface area contributed by atoms with E-state index in [1.807, 2.05) is 49.4 Å². The topological polar surface area (TPSA) is 124 Å². The summed E-state index contributed by atoms with van der Waals surface area (Å²) in [4.78, 5) is 29.2. The van der Waals surface area contributed by atoms with Gasteiger partial charge in [-0.1, -0.05) is 42.5 Å². The summed E-state index contributed by atoms with van der Waals surface area (Å²) < 4.78 is 49.2. The lowest BCUT2D eigenvalue weighted by Crippen LogP contribution is -2.51. The maximum atomic E-state index is 13.9. The first-order valence-corrected chi connectivity index (χ1v) is 16.9. The van der Waals surface area contributed by atoms with Gasteiger partial charge in [-0.25, -0.2) is 8.42 Å². The van der Waals surface area contributed by atoms with Crippen LogP contribution in [0.4, 0.5) is 0 Å². The molecule has 1 N–H and O–H groups in total. The molecule has 1 fully saturated rings. The van der Waals surface area contributed by atoms with E-state index in [4.69, 9.17) is 18.9 Å². The Morgan fingerprint density at radius 3 is 2.26 bits per heavy atom. The van der Waals surface area contributed by atoms with Gasteiger partial charge in [-0.3, -0.25) is 9.59 Å². The summed E-state index contributed by atoms with van der Waals surface area (Å²) >= 11 is 0. The highest BCUT2D eigenvalue weighted by Gasteiger charge is 2.31. The van der Waals surface area contributed by atoms with E-state index in [1.165, 1.54) is 33.5 Å². The Kier molecular flexibility index (Phi) is 13.4. The summed E-state index contributed by atoms with van der Waals surface area (Å²) in [6.45, 7) is 4.55. The molecule has 1 atom stereocenters. The predicted molar refractivity (Wildman–Crippen MR) is 173 cm³/mol. The van der Waals surface area contributed by atoms with E-state index in [1.54, 1.807) is 19.2 Å².